The zero-order valence-electron chi connectivity index (χ0n) is 13.9. The molecule has 0 atom stereocenters. The number of amides is 1. The fourth-order valence-corrected chi connectivity index (χ4v) is 3.43. The lowest BCUT2D eigenvalue weighted by Gasteiger charge is -2.01. The Morgan fingerprint density at radius 3 is 2.65 bits per heavy atom. The number of hydrazone groups is 1. The van der Waals surface area contributed by atoms with Crippen molar-refractivity contribution in [3.63, 3.8) is 0 Å². The summed E-state index contributed by atoms with van der Waals surface area (Å²) in [6.45, 7) is 0. The number of benzene rings is 2. The normalized spacial score (nSPS) is 10.8. The summed E-state index contributed by atoms with van der Waals surface area (Å²) in [5.41, 5.74) is 10.6. The molecular weight excluding hydrogens is 370 g/mol. The summed E-state index contributed by atoms with van der Waals surface area (Å²) in [5, 5.41) is 4.51. The van der Waals surface area contributed by atoms with Gasteiger partial charge in [0.15, 0.2) is 0 Å². The molecular formula is C19H16ClN3O2S. The lowest BCUT2D eigenvalue weighted by molar-refractivity contribution is 0.0960. The van der Waals surface area contributed by atoms with Crippen LogP contribution in [0.3, 0.4) is 0 Å². The monoisotopic (exact) mass is 385 g/mol. The van der Waals surface area contributed by atoms with Crippen molar-refractivity contribution in [3.05, 3.63) is 70.1 Å². The van der Waals surface area contributed by atoms with Crippen molar-refractivity contribution < 1.29 is 9.53 Å². The standard InChI is InChI=1S/C19H16ClN3O2S/c1-25-14-8-6-12(7-9-14)17-10-16(21)18(26-17)19(24)23-22-11-13-4-2-3-5-15(13)20/h2-11H,21H2,1H3,(H,23,24)/b22-11-. The van der Waals surface area contributed by atoms with Crippen molar-refractivity contribution in [2.75, 3.05) is 12.8 Å². The van der Waals surface area contributed by atoms with E-state index in [1.54, 1.807) is 25.3 Å². The summed E-state index contributed by atoms with van der Waals surface area (Å²) in [4.78, 5) is 13.6. The highest BCUT2D eigenvalue weighted by atomic mass is 35.5. The molecule has 1 aromatic heterocycles. The number of methoxy groups -OCH3 is 1. The average molecular weight is 386 g/mol. The van der Waals surface area contributed by atoms with Crippen LogP contribution >= 0.6 is 22.9 Å². The summed E-state index contributed by atoms with van der Waals surface area (Å²) >= 11 is 7.35. The molecule has 0 spiro atoms. The maximum absolute atomic E-state index is 12.3. The molecule has 0 saturated carbocycles. The number of nitrogens with zero attached hydrogens (tertiary/aromatic N) is 1. The first-order valence-corrected chi connectivity index (χ1v) is 8.89. The van der Waals surface area contributed by atoms with Crippen LogP contribution in [-0.2, 0) is 0 Å². The highest BCUT2D eigenvalue weighted by molar-refractivity contribution is 7.18. The van der Waals surface area contributed by atoms with Crippen LogP contribution in [-0.4, -0.2) is 19.2 Å². The zero-order chi connectivity index (χ0) is 18.5. The van der Waals surface area contributed by atoms with E-state index in [1.807, 2.05) is 36.4 Å². The second-order valence-electron chi connectivity index (χ2n) is 5.34. The van der Waals surface area contributed by atoms with Gasteiger partial charge in [0, 0.05) is 15.5 Å². The number of rotatable bonds is 5. The van der Waals surface area contributed by atoms with Gasteiger partial charge in [0.05, 0.1) is 19.0 Å². The summed E-state index contributed by atoms with van der Waals surface area (Å²) in [7, 11) is 1.61. The molecule has 0 aliphatic carbocycles. The zero-order valence-corrected chi connectivity index (χ0v) is 15.5. The molecule has 0 unspecified atom stereocenters. The smallest absolute Gasteiger partial charge is 0.283 e. The van der Waals surface area contributed by atoms with Crippen LogP contribution in [0.1, 0.15) is 15.2 Å². The Labute approximate surface area is 160 Å². The second-order valence-corrected chi connectivity index (χ2v) is 6.80. The Balaban J connectivity index is 1.73. The van der Waals surface area contributed by atoms with Gasteiger partial charge < -0.3 is 10.5 Å². The average Bonchev–Trinajstić information content (AvgIpc) is 3.05. The maximum Gasteiger partial charge on any atom is 0.283 e. The van der Waals surface area contributed by atoms with Gasteiger partial charge in [-0.25, -0.2) is 5.43 Å². The molecule has 2 aromatic carbocycles. The first-order valence-electron chi connectivity index (χ1n) is 7.70. The van der Waals surface area contributed by atoms with Crippen LogP contribution in [0, 0.1) is 0 Å². The number of nitrogens with one attached hydrogen (secondary N) is 1. The summed E-state index contributed by atoms with van der Waals surface area (Å²) in [5.74, 6) is 0.403. The third-order valence-corrected chi connectivity index (χ3v) is 5.16. The van der Waals surface area contributed by atoms with Gasteiger partial charge in [0.1, 0.15) is 10.6 Å². The Kier molecular flexibility index (Phi) is 5.55. The minimum absolute atomic E-state index is 0.365. The van der Waals surface area contributed by atoms with Crippen molar-refractivity contribution >= 4 is 40.7 Å². The Morgan fingerprint density at radius 2 is 1.96 bits per heavy atom. The predicted octanol–water partition coefficient (Wildman–Crippen LogP) is 4.42. The van der Waals surface area contributed by atoms with E-state index in [4.69, 9.17) is 22.1 Å². The number of nitrogen functional groups attached to an aromatic ring is 1. The van der Waals surface area contributed by atoms with Gasteiger partial charge in [-0.15, -0.1) is 11.3 Å². The van der Waals surface area contributed by atoms with E-state index in [2.05, 4.69) is 10.5 Å². The van der Waals surface area contributed by atoms with Gasteiger partial charge in [-0.2, -0.15) is 5.10 Å². The van der Waals surface area contributed by atoms with Crippen LogP contribution in [0.15, 0.2) is 59.7 Å². The van der Waals surface area contributed by atoms with E-state index in [-0.39, 0.29) is 5.91 Å². The Bertz CT molecular complexity index is 952. The van der Waals surface area contributed by atoms with Crippen LogP contribution in [0.4, 0.5) is 5.69 Å². The molecule has 3 N–H and O–H groups in total. The number of halogens is 1. The van der Waals surface area contributed by atoms with Gasteiger partial charge in [-0.1, -0.05) is 29.8 Å². The molecule has 0 aliphatic heterocycles. The number of thiophene rings is 1. The van der Waals surface area contributed by atoms with E-state index in [1.165, 1.54) is 17.6 Å². The number of carbonyl (C=O) groups is 1. The molecule has 1 amide bonds. The van der Waals surface area contributed by atoms with Gasteiger partial charge in [-0.3, -0.25) is 4.79 Å². The third-order valence-electron chi connectivity index (χ3n) is 3.62. The summed E-state index contributed by atoms with van der Waals surface area (Å²) < 4.78 is 5.15. The van der Waals surface area contributed by atoms with Gasteiger partial charge >= 0.3 is 0 Å². The maximum atomic E-state index is 12.3. The van der Waals surface area contributed by atoms with Gasteiger partial charge in [-0.05, 0) is 42.0 Å². The molecule has 3 rings (SSSR count). The van der Waals surface area contributed by atoms with E-state index < -0.39 is 0 Å². The molecule has 3 aromatic rings. The number of anilines is 1. The topological polar surface area (TPSA) is 76.7 Å². The second kappa shape index (κ2) is 8.03. The Hall–Kier alpha value is -2.83. The van der Waals surface area contributed by atoms with E-state index in [0.717, 1.165) is 16.2 Å². The fourth-order valence-electron chi connectivity index (χ4n) is 2.27. The van der Waals surface area contributed by atoms with Crippen molar-refractivity contribution in [2.24, 2.45) is 5.10 Å². The van der Waals surface area contributed by atoms with E-state index in [9.17, 15) is 4.79 Å². The van der Waals surface area contributed by atoms with Crippen LogP contribution in [0.25, 0.3) is 10.4 Å². The molecule has 0 saturated heterocycles. The number of nitrogens with two attached hydrogens (primary N) is 1. The van der Waals surface area contributed by atoms with Gasteiger partial charge in [0.2, 0.25) is 0 Å². The largest absolute Gasteiger partial charge is 0.497 e. The van der Waals surface area contributed by atoms with Crippen molar-refractivity contribution in [1.82, 2.24) is 5.43 Å². The quantitative estimate of drug-likeness (QED) is 0.504. The molecule has 5 nitrogen and oxygen atoms in total. The highest BCUT2D eigenvalue weighted by Crippen LogP contribution is 2.33. The number of carbonyl (C=O) groups excluding carboxylic acids is 1. The number of hydrogen-bond acceptors (Lipinski definition) is 5. The minimum atomic E-state index is -0.365. The lowest BCUT2D eigenvalue weighted by Crippen LogP contribution is -2.17. The van der Waals surface area contributed by atoms with E-state index >= 15 is 0 Å². The van der Waals surface area contributed by atoms with Crippen LogP contribution < -0.4 is 15.9 Å². The van der Waals surface area contributed by atoms with Crippen molar-refractivity contribution in [2.45, 2.75) is 0 Å². The molecule has 0 radical (unpaired) electrons. The van der Waals surface area contributed by atoms with Crippen LogP contribution in [0.2, 0.25) is 5.02 Å². The molecule has 26 heavy (non-hydrogen) atoms. The first-order chi connectivity index (χ1) is 12.6. The molecule has 1 heterocycles. The molecule has 0 bridgehead atoms. The predicted molar refractivity (Wildman–Crippen MR) is 107 cm³/mol. The molecule has 0 aliphatic rings. The molecule has 132 valence electrons. The van der Waals surface area contributed by atoms with Crippen molar-refractivity contribution in [3.8, 4) is 16.2 Å². The van der Waals surface area contributed by atoms with Gasteiger partial charge in [0.25, 0.3) is 5.91 Å². The Morgan fingerprint density at radius 1 is 1.23 bits per heavy atom. The third kappa shape index (κ3) is 4.04. The van der Waals surface area contributed by atoms with Crippen molar-refractivity contribution in [1.29, 1.82) is 0 Å². The molecule has 7 heteroatoms. The van der Waals surface area contributed by atoms with Crippen LogP contribution in [0.5, 0.6) is 5.75 Å². The highest BCUT2D eigenvalue weighted by Gasteiger charge is 2.15. The number of ether oxygens (including phenoxy) is 1. The molecule has 0 fully saturated rings. The lowest BCUT2D eigenvalue weighted by atomic mass is 10.2. The minimum Gasteiger partial charge on any atom is -0.497 e. The summed E-state index contributed by atoms with van der Waals surface area (Å²) in [6.07, 6.45) is 1.49. The van der Waals surface area contributed by atoms with E-state index in [0.29, 0.717) is 21.2 Å². The fraction of sp³-hybridized carbons (Fsp3) is 0.0526. The SMILES string of the molecule is COc1ccc(-c2cc(N)c(C(=O)N/N=C\c3ccccc3Cl)s2)cc1. The number of hydrogen-bond donors (Lipinski definition) is 2. The summed E-state index contributed by atoms with van der Waals surface area (Å²) in [6, 6.07) is 16.6. The first kappa shape index (κ1) is 18.0.